The first-order valence-electron chi connectivity index (χ1n) is 8.01. The van der Waals surface area contributed by atoms with Gasteiger partial charge in [-0.1, -0.05) is 31.8 Å². The molecule has 3 N–H and O–H groups in total. The number of aliphatic hydroxyl groups excluding tert-OH is 3. The molecule has 0 radical (unpaired) electrons. The lowest BCUT2D eigenvalue weighted by molar-refractivity contribution is -0.0730. The first-order valence-corrected chi connectivity index (χ1v) is 8.01. The summed E-state index contributed by atoms with van der Waals surface area (Å²) in [6.07, 6.45) is 7.02. The van der Waals surface area contributed by atoms with Gasteiger partial charge in [0.1, 0.15) is 24.4 Å². The number of hydrogen-bond donors (Lipinski definition) is 3. The van der Waals surface area contributed by atoms with Crippen LogP contribution in [0.5, 0.6) is 0 Å². The zero-order valence-corrected chi connectivity index (χ0v) is 12.8. The van der Waals surface area contributed by atoms with Gasteiger partial charge in [-0.05, 0) is 19.3 Å². The molecule has 1 heterocycles. The van der Waals surface area contributed by atoms with Crippen molar-refractivity contribution in [2.75, 3.05) is 19.8 Å². The molecule has 0 aliphatic carbocycles. The van der Waals surface area contributed by atoms with Gasteiger partial charge in [-0.15, -0.1) is 6.58 Å². The quantitative estimate of drug-likeness (QED) is 0.375. The number of aliphatic hydroxyl groups is 3. The molecule has 0 aromatic carbocycles. The average molecular weight is 302 g/mol. The second-order valence-electron chi connectivity index (χ2n) is 5.65. The van der Waals surface area contributed by atoms with E-state index in [1.807, 2.05) is 6.08 Å². The van der Waals surface area contributed by atoms with E-state index in [-0.39, 0.29) is 6.61 Å². The third kappa shape index (κ3) is 6.89. The number of hydrogen-bond acceptors (Lipinski definition) is 5. The monoisotopic (exact) mass is 302 g/mol. The Morgan fingerprint density at radius 3 is 2.52 bits per heavy atom. The van der Waals surface area contributed by atoms with Gasteiger partial charge in [-0.3, -0.25) is 0 Å². The Kier molecular flexibility index (Phi) is 9.87. The highest BCUT2D eigenvalue weighted by molar-refractivity contribution is 4.88. The third-order valence-corrected chi connectivity index (χ3v) is 3.87. The topological polar surface area (TPSA) is 79.2 Å². The van der Waals surface area contributed by atoms with Gasteiger partial charge in [0, 0.05) is 6.61 Å². The minimum Gasteiger partial charge on any atom is -0.394 e. The molecule has 4 atom stereocenters. The van der Waals surface area contributed by atoms with E-state index in [4.69, 9.17) is 14.6 Å². The highest BCUT2D eigenvalue weighted by atomic mass is 16.6. The maximum Gasteiger partial charge on any atom is 0.114 e. The van der Waals surface area contributed by atoms with E-state index in [9.17, 15) is 10.2 Å². The van der Waals surface area contributed by atoms with Crippen LogP contribution in [0.15, 0.2) is 12.7 Å². The van der Waals surface area contributed by atoms with Crippen molar-refractivity contribution in [2.24, 2.45) is 0 Å². The van der Waals surface area contributed by atoms with Crippen LogP contribution in [0.25, 0.3) is 0 Å². The van der Waals surface area contributed by atoms with Gasteiger partial charge in [0.05, 0.1) is 13.2 Å². The average Bonchev–Trinajstić information content (AvgIpc) is 2.86. The SMILES string of the molecule is C=CCCCCCCCCO[C@H]1CO[C@@H]([C@H](O)CO)[C@H]1O. The molecule has 5 heteroatoms. The maximum atomic E-state index is 9.94. The number of rotatable bonds is 12. The molecule has 0 amide bonds. The van der Waals surface area contributed by atoms with E-state index >= 15 is 0 Å². The highest BCUT2D eigenvalue weighted by Gasteiger charge is 2.40. The summed E-state index contributed by atoms with van der Waals surface area (Å²) >= 11 is 0. The summed E-state index contributed by atoms with van der Waals surface area (Å²) in [5.74, 6) is 0. The van der Waals surface area contributed by atoms with Gasteiger partial charge in [0.15, 0.2) is 0 Å². The Morgan fingerprint density at radius 2 is 1.86 bits per heavy atom. The van der Waals surface area contributed by atoms with Gasteiger partial charge in [-0.25, -0.2) is 0 Å². The molecule has 0 spiro atoms. The lowest BCUT2D eigenvalue weighted by Crippen LogP contribution is -2.41. The summed E-state index contributed by atoms with van der Waals surface area (Å²) in [6, 6.07) is 0. The fourth-order valence-electron chi connectivity index (χ4n) is 2.54. The Labute approximate surface area is 127 Å². The summed E-state index contributed by atoms with van der Waals surface area (Å²) in [5, 5.41) is 28.3. The summed E-state index contributed by atoms with van der Waals surface area (Å²) in [6.45, 7) is 4.16. The van der Waals surface area contributed by atoms with Crippen molar-refractivity contribution in [3.05, 3.63) is 12.7 Å². The van der Waals surface area contributed by atoms with Crippen molar-refractivity contribution >= 4 is 0 Å². The van der Waals surface area contributed by atoms with E-state index < -0.39 is 31.0 Å². The third-order valence-electron chi connectivity index (χ3n) is 3.87. The van der Waals surface area contributed by atoms with Crippen molar-refractivity contribution in [2.45, 2.75) is 69.4 Å². The molecule has 0 aromatic rings. The standard InChI is InChI=1S/C16H30O5/c1-2-3-4-5-6-7-8-9-10-20-14-12-21-16(15(14)19)13(18)11-17/h2,13-19H,1,3-12H2/t13-,14+,15+,16+/m1/s1. The first-order chi connectivity index (χ1) is 10.2. The molecule has 1 saturated heterocycles. The van der Waals surface area contributed by atoms with Gasteiger partial charge >= 0.3 is 0 Å². The van der Waals surface area contributed by atoms with Crippen LogP contribution in [-0.4, -0.2) is 59.6 Å². The fraction of sp³-hybridized carbons (Fsp3) is 0.875. The van der Waals surface area contributed by atoms with Crippen molar-refractivity contribution < 1.29 is 24.8 Å². The number of unbranched alkanes of at least 4 members (excludes halogenated alkanes) is 6. The minimum atomic E-state index is -1.05. The molecule has 0 unspecified atom stereocenters. The number of allylic oxidation sites excluding steroid dienone is 1. The molecular weight excluding hydrogens is 272 g/mol. The lowest BCUT2D eigenvalue weighted by Gasteiger charge is -2.20. The largest absolute Gasteiger partial charge is 0.394 e. The Balaban J connectivity index is 1.99. The second-order valence-corrected chi connectivity index (χ2v) is 5.65. The van der Waals surface area contributed by atoms with E-state index in [1.165, 1.54) is 25.7 Å². The van der Waals surface area contributed by atoms with Crippen molar-refractivity contribution in [1.82, 2.24) is 0 Å². The van der Waals surface area contributed by atoms with Crippen LogP contribution >= 0.6 is 0 Å². The lowest BCUT2D eigenvalue weighted by atomic mass is 10.1. The first kappa shape index (κ1) is 18.6. The molecule has 1 aliphatic rings. The predicted molar refractivity (Wildman–Crippen MR) is 81.1 cm³/mol. The highest BCUT2D eigenvalue weighted by Crippen LogP contribution is 2.20. The Morgan fingerprint density at radius 1 is 1.19 bits per heavy atom. The molecule has 0 saturated carbocycles. The van der Waals surface area contributed by atoms with Gasteiger partial charge in [0.25, 0.3) is 0 Å². The molecule has 1 fully saturated rings. The second kappa shape index (κ2) is 11.2. The summed E-state index contributed by atoms with van der Waals surface area (Å²) < 4.78 is 10.9. The van der Waals surface area contributed by atoms with E-state index in [2.05, 4.69) is 6.58 Å². The molecular formula is C16H30O5. The van der Waals surface area contributed by atoms with Crippen LogP contribution in [0.2, 0.25) is 0 Å². The molecule has 5 nitrogen and oxygen atoms in total. The van der Waals surface area contributed by atoms with Crippen LogP contribution in [0.4, 0.5) is 0 Å². The summed E-state index contributed by atoms with van der Waals surface area (Å²) in [7, 11) is 0. The van der Waals surface area contributed by atoms with E-state index in [1.54, 1.807) is 0 Å². The van der Waals surface area contributed by atoms with Crippen molar-refractivity contribution in [3.8, 4) is 0 Å². The van der Waals surface area contributed by atoms with E-state index in [0.717, 1.165) is 19.3 Å². The Bertz CT molecular complexity index is 271. The van der Waals surface area contributed by atoms with Gasteiger partial charge in [-0.2, -0.15) is 0 Å². The normalized spacial score (nSPS) is 26.9. The van der Waals surface area contributed by atoms with Crippen molar-refractivity contribution in [3.63, 3.8) is 0 Å². The minimum absolute atomic E-state index is 0.268. The predicted octanol–water partition coefficient (Wildman–Crippen LogP) is 1.40. The van der Waals surface area contributed by atoms with Crippen LogP contribution in [0.3, 0.4) is 0 Å². The van der Waals surface area contributed by atoms with E-state index in [0.29, 0.717) is 6.61 Å². The molecule has 1 rings (SSSR count). The van der Waals surface area contributed by atoms with Crippen LogP contribution in [0.1, 0.15) is 44.9 Å². The van der Waals surface area contributed by atoms with Crippen LogP contribution in [0, 0.1) is 0 Å². The smallest absolute Gasteiger partial charge is 0.114 e. The zero-order valence-electron chi connectivity index (χ0n) is 12.8. The number of ether oxygens (including phenoxy) is 2. The van der Waals surface area contributed by atoms with Crippen LogP contribution in [-0.2, 0) is 9.47 Å². The van der Waals surface area contributed by atoms with Crippen molar-refractivity contribution in [1.29, 1.82) is 0 Å². The fourth-order valence-corrected chi connectivity index (χ4v) is 2.54. The molecule has 0 aromatic heterocycles. The van der Waals surface area contributed by atoms with Crippen LogP contribution < -0.4 is 0 Å². The van der Waals surface area contributed by atoms with Gasteiger partial charge in [0.2, 0.25) is 0 Å². The van der Waals surface area contributed by atoms with Gasteiger partial charge < -0.3 is 24.8 Å². The maximum absolute atomic E-state index is 9.94. The zero-order chi connectivity index (χ0) is 15.5. The molecule has 1 aliphatic heterocycles. The molecule has 21 heavy (non-hydrogen) atoms. The summed E-state index contributed by atoms with van der Waals surface area (Å²) in [4.78, 5) is 0. The molecule has 0 bridgehead atoms. The molecule has 124 valence electrons. The Hall–Kier alpha value is -0.460. The summed E-state index contributed by atoms with van der Waals surface area (Å²) in [5.41, 5.74) is 0.